The summed E-state index contributed by atoms with van der Waals surface area (Å²) in [7, 11) is 3.98. The summed E-state index contributed by atoms with van der Waals surface area (Å²) in [4.78, 5) is 39.3. The highest BCUT2D eigenvalue weighted by Crippen LogP contribution is 2.28. The standard InChI is InChI=1S/C23H26N4O2S/c1-14-15(2)30-22-19(14)21(28)24-20(25-22)18(23(29)27-11-5-6-12-27)13-16-7-9-17(10-8-16)26(3)4/h7-10,13H,5-6,11-12H2,1-4H3,(H,24,25,28)/b18-13+. The van der Waals surface area contributed by atoms with Gasteiger partial charge in [-0.25, -0.2) is 4.98 Å². The normalized spacial score (nSPS) is 14.5. The molecule has 1 N–H and O–H groups in total. The van der Waals surface area contributed by atoms with Gasteiger partial charge in [-0.2, -0.15) is 0 Å². The number of benzene rings is 1. The fourth-order valence-corrected chi connectivity index (χ4v) is 4.77. The third-order valence-electron chi connectivity index (χ3n) is 5.64. The zero-order valence-corrected chi connectivity index (χ0v) is 18.6. The lowest BCUT2D eigenvalue weighted by Gasteiger charge is -2.17. The highest BCUT2D eigenvalue weighted by atomic mass is 32.1. The van der Waals surface area contributed by atoms with E-state index in [1.165, 1.54) is 11.3 Å². The molecule has 0 atom stereocenters. The molecule has 6 nitrogen and oxygen atoms in total. The Morgan fingerprint density at radius 2 is 1.83 bits per heavy atom. The van der Waals surface area contributed by atoms with Crippen LogP contribution in [0, 0.1) is 13.8 Å². The van der Waals surface area contributed by atoms with Gasteiger partial charge < -0.3 is 14.8 Å². The van der Waals surface area contributed by atoms with Gasteiger partial charge in [-0.15, -0.1) is 11.3 Å². The first-order valence-corrected chi connectivity index (χ1v) is 11.0. The highest BCUT2D eigenvalue weighted by molar-refractivity contribution is 7.18. The van der Waals surface area contributed by atoms with Crippen LogP contribution in [0.4, 0.5) is 5.69 Å². The molecule has 0 radical (unpaired) electrons. The minimum atomic E-state index is -0.195. The van der Waals surface area contributed by atoms with E-state index < -0.39 is 0 Å². The topological polar surface area (TPSA) is 69.3 Å². The molecule has 1 fully saturated rings. The van der Waals surface area contributed by atoms with Gasteiger partial charge in [0, 0.05) is 37.7 Å². The first kappa shape index (κ1) is 20.3. The molecule has 4 rings (SSSR count). The van der Waals surface area contributed by atoms with E-state index in [1.54, 1.807) is 0 Å². The molecule has 1 saturated heterocycles. The van der Waals surface area contributed by atoms with Gasteiger partial charge in [0.05, 0.1) is 11.0 Å². The van der Waals surface area contributed by atoms with Crippen LogP contribution in [0.3, 0.4) is 0 Å². The molecule has 1 aliphatic heterocycles. The van der Waals surface area contributed by atoms with Gasteiger partial charge in [0.2, 0.25) is 0 Å². The molecule has 3 heterocycles. The van der Waals surface area contributed by atoms with Crippen LogP contribution >= 0.6 is 11.3 Å². The number of H-pyrrole nitrogens is 1. The zero-order valence-electron chi connectivity index (χ0n) is 17.8. The molecule has 30 heavy (non-hydrogen) atoms. The Labute approximate surface area is 179 Å². The summed E-state index contributed by atoms with van der Waals surface area (Å²) in [6.45, 7) is 5.39. The van der Waals surface area contributed by atoms with Crippen molar-refractivity contribution < 1.29 is 4.79 Å². The van der Waals surface area contributed by atoms with Crippen molar-refractivity contribution in [2.75, 3.05) is 32.1 Å². The fraction of sp³-hybridized carbons (Fsp3) is 0.348. The number of amides is 1. The Bertz CT molecular complexity index is 1180. The third kappa shape index (κ3) is 3.77. The van der Waals surface area contributed by atoms with Crippen molar-refractivity contribution in [3.63, 3.8) is 0 Å². The number of carbonyl (C=O) groups excluding carboxylic acids is 1. The molecular formula is C23H26N4O2S. The number of nitrogens with zero attached hydrogens (tertiary/aromatic N) is 3. The van der Waals surface area contributed by atoms with Gasteiger partial charge in [-0.1, -0.05) is 12.1 Å². The van der Waals surface area contributed by atoms with Crippen LogP contribution in [-0.2, 0) is 4.79 Å². The van der Waals surface area contributed by atoms with Crippen LogP contribution in [0.25, 0.3) is 21.9 Å². The minimum absolute atomic E-state index is 0.0864. The second kappa shape index (κ2) is 8.07. The van der Waals surface area contributed by atoms with Gasteiger partial charge in [0.25, 0.3) is 11.5 Å². The molecule has 0 saturated carbocycles. The van der Waals surface area contributed by atoms with E-state index in [1.807, 2.05) is 68.1 Å². The average Bonchev–Trinajstić information content (AvgIpc) is 3.35. The van der Waals surface area contributed by atoms with Crippen molar-refractivity contribution in [3.8, 4) is 0 Å². The smallest absolute Gasteiger partial charge is 0.260 e. The molecule has 0 spiro atoms. The Morgan fingerprint density at radius 1 is 1.17 bits per heavy atom. The molecule has 2 aromatic heterocycles. The average molecular weight is 423 g/mol. The highest BCUT2D eigenvalue weighted by Gasteiger charge is 2.25. The van der Waals surface area contributed by atoms with Crippen molar-refractivity contribution in [3.05, 3.63) is 56.4 Å². The molecule has 7 heteroatoms. The second-order valence-electron chi connectivity index (χ2n) is 7.92. The van der Waals surface area contributed by atoms with Crippen LogP contribution in [-0.4, -0.2) is 48.0 Å². The number of aryl methyl sites for hydroxylation is 2. The van der Waals surface area contributed by atoms with E-state index in [0.717, 1.165) is 47.6 Å². The van der Waals surface area contributed by atoms with Gasteiger partial charge in [-0.05, 0) is 56.0 Å². The Morgan fingerprint density at radius 3 is 2.47 bits per heavy atom. The number of aromatic nitrogens is 2. The summed E-state index contributed by atoms with van der Waals surface area (Å²) in [5.74, 6) is 0.249. The SMILES string of the molecule is Cc1sc2nc(/C(=C\c3ccc(N(C)C)cc3)C(=O)N3CCCC3)[nH]c(=O)c2c1C. The second-order valence-corrected chi connectivity index (χ2v) is 9.12. The maximum absolute atomic E-state index is 13.3. The number of fused-ring (bicyclic) bond motifs is 1. The van der Waals surface area contributed by atoms with Gasteiger partial charge >= 0.3 is 0 Å². The zero-order chi connectivity index (χ0) is 21.4. The number of carbonyl (C=O) groups is 1. The molecule has 156 valence electrons. The monoisotopic (exact) mass is 422 g/mol. The third-order valence-corrected chi connectivity index (χ3v) is 6.74. The van der Waals surface area contributed by atoms with Crippen LogP contribution in [0.2, 0.25) is 0 Å². The predicted octanol–water partition coefficient (Wildman–Crippen LogP) is 3.83. The number of likely N-dealkylation sites (tertiary alicyclic amines) is 1. The minimum Gasteiger partial charge on any atom is -0.378 e. The summed E-state index contributed by atoms with van der Waals surface area (Å²) in [5.41, 5.74) is 3.16. The maximum atomic E-state index is 13.3. The molecule has 0 unspecified atom stereocenters. The molecule has 1 amide bonds. The Hall–Kier alpha value is -2.93. The first-order valence-electron chi connectivity index (χ1n) is 10.1. The van der Waals surface area contributed by atoms with E-state index >= 15 is 0 Å². The van der Waals surface area contributed by atoms with Crippen LogP contribution in [0.1, 0.15) is 34.7 Å². The molecular weight excluding hydrogens is 396 g/mol. The molecule has 0 aliphatic carbocycles. The summed E-state index contributed by atoms with van der Waals surface area (Å²) < 4.78 is 0. The lowest BCUT2D eigenvalue weighted by molar-refractivity contribution is -0.123. The predicted molar refractivity (Wildman–Crippen MR) is 124 cm³/mol. The van der Waals surface area contributed by atoms with E-state index in [9.17, 15) is 9.59 Å². The first-order chi connectivity index (χ1) is 14.3. The van der Waals surface area contributed by atoms with Crippen LogP contribution in [0.5, 0.6) is 0 Å². The van der Waals surface area contributed by atoms with Crippen molar-refractivity contribution in [2.24, 2.45) is 0 Å². The van der Waals surface area contributed by atoms with Gasteiger partial charge in [0.15, 0.2) is 0 Å². The number of hydrogen-bond acceptors (Lipinski definition) is 5. The van der Waals surface area contributed by atoms with Crippen molar-refractivity contribution in [1.82, 2.24) is 14.9 Å². The van der Waals surface area contributed by atoms with Gasteiger partial charge in [0.1, 0.15) is 10.7 Å². The number of hydrogen-bond donors (Lipinski definition) is 1. The Kier molecular flexibility index (Phi) is 5.47. The van der Waals surface area contributed by atoms with E-state index in [4.69, 9.17) is 4.98 Å². The maximum Gasteiger partial charge on any atom is 0.260 e. The van der Waals surface area contributed by atoms with E-state index in [2.05, 4.69) is 4.98 Å². The lowest BCUT2D eigenvalue weighted by Crippen LogP contribution is -2.29. The summed E-state index contributed by atoms with van der Waals surface area (Å²) in [5, 5.41) is 0.615. The van der Waals surface area contributed by atoms with Crippen molar-refractivity contribution in [1.29, 1.82) is 0 Å². The largest absolute Gasteiger partial charge is 0.378 e. The summed E-state index contributed by atoms with van der Waals surface area (Å²) >= 11 is 1.49. The van der Waals surface area contributed by atoms with E-state index in [0.29, 0.717) is 21.6 Å². The number of nitrogens with one attached hydrogen (secondary N) is 1. The quantitative estimate of drug-likeness (QED) is 0.649. The number of aromatic amines is 1. The van der Waals surface area contributed by atoms with Crippen molar-refractivity contribution >= 4 is 44.8 Å². The fourth-order valence-electron chi connectivity index (χ4n) is 3.74. The van der Waals surface area contributed by atoms with Crippen molar-refractivity contribution in [2.45, 2.75) is 26.7 Å². The van der Waals surface area contributed by atoms with Crippen LogP contribution in [0.15, 0.2) is 29.1 Å². The van der Waals surface area contributed by atoms with Crippen LogP contribution < -0.4 is 10.5 Å². The lowest BCUT2D eigenvalue weighted by atomic mass is 10.1. The number of rotatable bonds is 4. The number of anilines is 1. The van der Waals surface area contributed by atoms with Gasteiger partial charge in [-0.3, -0.25) is 9.59 Å². The molecule has 0 bridgehead atoms. The molecule has 3 aromatic rings. The number of thiophene rings is 1. The summed E-state index contributed by atoms with van der Waals surface area (Å²) in [6, 6.07) is 7.97. The van der Waals surface area contributed by atoms with E-state index in [-0.39, 0.29) is 11.5 Å². The summed E-state index contributed by atoms with van der Waals surface area (Å²) in [6.07, 6.45) is 3.84. The molecule has 1 aromatic carbocycles. The Balaban J connectivity index is 1.84. The molecule has 1 aliphatic rings.